The van der Waals surface area contributed by atoms with E-state index in [1.807, 2.05) is 34.9 Å². The van der Waals surface area contributed by atoms with Gasteiger partial charge in [0.1, 0.15) is 0 Å². The Balaban J connectivity index is 2.17. The van der Waals surface area contributed by atoms with E-state index < -0.39 is 0 Å². The Morgan fingerprint density at radius 2 is 2.06 bits per heavy atom. The van der Waals surface area contributed by atoms with E-state index >= 15 is 0 Å². The zero-order valence-corrected chi connectivity index (χ0v) is 10.4. The molecule has 1 saturated carbocycles. The Morgan fingerprint density at radius 1 is 1.28 bits per heavy atom. The number of aromatic nitrogens is 1. The van der Waals surface area contributed by atoms with Crippen molar-refractivity contribution < 1.29 is 0 Å². The monoisotopic (exact) mass is 242 g/mol. The number of hydrogen-bond donors (Lipinski definition) is 1. The first kappa shape index (κ1) is 11.5. The van der Waals surface area contributed by atoms with Crippen LogP contribution in [0, 0.1) is 5.92 Å². The molecule has 1 aliphatic carbocycles. The van der Waals surface area contributed by atoms with Gasteiger partial charge in [0.15, 0.2) is 0 Å². The summed E-state index contributed by atoms with van der Waals surface area (Å²) in [5.74, 6) is 0.666. The van der Waals surface area contributed by atoms with E-state index in [9.17, 15) is 4.79 Å². The number of hydrogen-bond acceptors (Lipinski definition) is 2. The molecule has 0 radical (unpaired) electrons. The Morgan fingerprint density at radius 3 is 2.72 bits per heavy atom. The molecule has 0 amide bonds. The molecule has 2 N–H and O–H groups in total. The van der Waals surface area contributed by atoms with Gasteiger partial charge in [-0.3, -0.25) is 4.79 Å². The minimum atomic E-state index is 0.0862. The van der Waals surface area contributed by atoms with Crippen molar-refractivity contribution in [2.24, 2.45) is 11.7 Å². The van der Waals surface area contributed by atoms with Crippen molar-refractivity contribution in [1.29, 1.82) is 0 Å². The van der Waals surface area contributed by atoms with Crippen LogP contribution in [0.25, 0.3) is 10.9 Å². The Labute approximate surface area is 106 Å². The lowest BCUT2D eigenvalue weighted by atomic mass is 9.85. The van der Waals surface area contributed by atoms with Crippen LogP contribution in [0.2, 0.25) is 0 Å². The minimum absolute atomic E-state index is 0.0862. The first-order valence-corrected chi connectivity index (χ1v) is 6.61. The molecule has 2 aromatic rings. The summed E-state index contributed by atoms with van der Waals surface area (Å²) in [7, 11) is 0. The van der Waals surface area contributed by atoms with Crippen LogP contribution in [-0.2, 0) is 13.1 Å². The molecule has 3 heteroatoms. The molecule has 3 rings (SSSR count). The van der Waals surface area contributed by atoms with Gasteiger partial charge in [-0.25, -0.2) is 0 Å². The minimum Gasteiger partial charge on any atom is -0.326 e. The highest BCUT2D eigenvalue weighted by Crippen LogP contribution is 2.28. The number of nitrogens with two attached hydrogens (primary N) is 1. The van der Waals surface area contributed by atoms with Crippen LogP contribution < -0.4 is 11.3 Å². The van der Waals surface area contributed by atoms with Crippen molar-refractivity contribution >= 4 is 10.9 Å². The van der Waals surface area contributed by atoms with Gasteiger partial charge in [-0.15, -0.1) is 0 Å². The maximum absolute atomic E-state index is 12.4. The number of rotatable bonds is 3. The average molecular weight is 242 g/mol. The predicted molar refractivity (Wildman–Crippen MR) is 73.4 cm³/mol. The smallest absolute Gasteiger partial charge is 0.255 e. The Bertz CT molecular complexity index is 626. The van der Waals surface area contributed by atoms with Gasteiger partial charge < -0.3 is 10.3 Å². The maximum Gasteiger partial charge on any atom is 0.255 e. The second-order valence-corrected chi connectivity index (χ2v) is 5.15. The molecular weight excluding hydrogens is 224 g/mol. The van der Waals surface area contributed by atoms with Crippen LogP contribution in [0.15, 0.2) is 35.1 Å². The lowest BCUT2D eigenvalue weighted by Gasteiger charge is -2.27. The largest absolute Gasteiger partial charge is 0.326 e. The van der Waals surface area contributed by atoms with E-state index in [-0.39, 0.29) is 5.56 Å². The summed E-state index contributed by atoms with van der Waals surface area (Å²) in [5, 5.41) is 1.11. The highest BCUT2D eigenvalue weighted by atomic mass is 16.1. The van der Waals surface area contributed by atoms with Crippen LogP contribution in [0.1, 0.15) is 24.8 Å². The maximum atomic E-state index is 12.4. The molecule has 3 nitrogen and oxygen atoms in total. The lowest BCUT2D eigenvalue weighted by molar-refractivity contribution is 0.277. The molecule has 18 heavy (non-hydrogen) atoms. The summed E-state index contributed by atoms with van der Waals surface area (Å²) in [6, 6.07) is 9.98. The first-order valence-electron chi connectivity index (χ1n) is 6.61. The molecule has 0 atom stereocenters. The van der Waals surface area contributed by atoms with Crippen LogP contribution >= 0.6 is 0 Å². The summed E-state index contributed by atoms with van der Waals surface area (Å²) < 4.78 is 1.92. The van der Waals surface area contributed by atoms with Crippen molar-refractivity contribution in [2.75, 3.05) is 0 Å². The second kappa shape index (κ2) is 4.58. The first-order chi connectivity index (χ1) is 8.79. The predicted octanol–water partition coefficient (Wildman–Crippen LogP) is 2.26. The molecule has 1 aliphatic rings. The van der Waals surface area contributed by atoms with Crippen LogP contribution in [0.3, 0.4) is 0 Å². The number of para-hydroxylation sites is 1. The summed E-state index contributed by atoms with van der Waals surface area (Å²) >= 11 is 0. The summed E-state index contributed by atoms with van der Waals surface area (Å²) in [6.45, 7) is 1.15. The van der Waals surface area contributed by atoms with E-state index in [4.69, 9.17) is 5.73 Å². The van der Waals surface area contributed by atoms with Crippen molar-refractivity contribution in [3.05, 3.63) is 46.2 Å². The number of nitrogens with zero attached hydrogens (tertiary/aromatic N) is 1. The quantitative estimate of drug-likeness (QED) is 0.897. The van der Waals surface area contributed by atoms with Crippen molar-refractivity contribution in [2.45, 2.75) is 32.4 Å². The fourth-order valence-corrected chi connectivity index (χ4v) is 2.65. The Hall–Kier alpha value is -1.61. The van der Waals surface area contributed by atoms with Gasteiger partial charge in [0, 0.05) is 18.7 Å². The van der Waals surface area contributed by atoms with Gasteiger partial charge in [0.25, 0.3) is 5.56 Å². The highest BCUT2D eigenvalue weighted by molar-refractivity contribution is 5.79. The van der Waals surface area contributed by atoms with Gasteiger partial charge in [-0.05, 0) is 36.3 Å². The van der Waals surface area contributed by atoms with Crippen LogP contribution in [-0.4, -0.2) is 4.57 Å². The van der Waals surface area contributed by atoms with E-state index in [1.54, 1.807) is 0 Å². The zero-order chi connectivity index (χ0) is 12.5. The van der Waals surface area contributed by atoms with Crippen molar-refractivity contribution in [3.8, 4) is 0 Å². The van der Waals surface area contributed by atoms with E-state index in [1.165, 1.54) is 19.3 Å². The van der Waals surface area contributed by atoms with E-state index in [0.717, 1.165) is 17.4 Å². The second-order valence-electron chi connectivity index (χ2n) is 5.15. The molecule has 0 bridgehead atoms. The summed E-state index contributed by atoms with van der Waals surface area (Å²) in [6.07, 6.45) is 3.79. The van der Waals surface area contributed by atoms with Crippen LogP contribution in [0.5, 0.6) is 0 Å². The van der Waals surface area contributed by atoms with Crippen LogP contribution in [0.4, 0.5) is 0 Å². The van der Waals surface area contributed by atoms with Gasteiger partial charge in [0.2, 0.25) is 0 Å². The van der Waals surface area contributed by atoms with Crippen molar-refractivity contribution in [1.82, 2.24) is 4.57 Å². The third-order valence-electron chi connectivity index (χ3n) is 3.96. The normalized spacial score (nSPS) is 15.8. The van der Waals surface area contributed by atoms with E-state index in [2.05, 4.69) is 0 Å². The fourth-order valence-electron chi connectivity index (χ4n) is 2.65. The highest BCUT2D eigenvalue weighted by Gasteiger charge is 2.19. The molecule has 0 unspecified atom stereocenters. The van der Waals surface area contributed by atoms with Gasteiger partial charge >= 0.3 is 0 Å². The lowest BCUT2D eigenvalue weighted by Crippen LogP contribution is -2.30. The topological polar surface area (TPSA) is 48.0 Å². The molecular formula is C15H18N2O. The molecule has 0 saturated heterocycles. The fraction of sp³-hybridized carbons (Fsp3) is 0.400. The summed E-state index contributed by atoms with van der Waals surface area (Å²) in [4.78, 5) is 12.4. The molecule has 94 valence electrons. The number of fused-ring (bicyclic) bond motifs is 1. The summed E-state index contributed by atoms with van der Waals surface area (Å²) in [5.41, 5.74) is 7.51. The molecule has 1 fully saturated rings. The average Bonchev–Trinajstić information content (AvgIpc) is 2.35. The number of benzene rings is 1. The molecule has 0 aliphatic heterocycles. The molecule has 0 spiro atoms. The Kier molecular flexibility index (Phi) is 2.92. The van der Waals surface area contributed by atoms with Gasteiger partial charge in [-0.2, -0.15) is 0 Å². The van der Waals surface area contributed by atoms with Gasteiger partial charge in [-0.1, -0.05) is 24.6 Å². The molecule has 1 aromatic heterocycles. The molecule has 1 heterocycles. The third-order valence-corrected chi connectivity index (χ3v) is 3.96. The zero-order valence-electron chi connectivity index (χ0n) is 10.4. The van der Waals surface area contributed by atoms with Crippen molar-refractivity contribution in [3.63, 3.8) is 0 Å². The standard InChI is InChI=1S/C15H18N2O/c16-9-13-8-12-6-1-2-7-14(12)17(15(13)18)10-11-4-3-5-11/h1-2,6-8,11H,3-5,9-10,16H2. The molecule has 1 aromatic carbocycles. The number of pyridine rings is 1. The third kappa shape index (κ3) is 1.85. The van der Waals surface area contributed by atoms with E-state index in [0.29, 0.717) is 18.0 Å². The SMILES string of the molecule is NCc1cc2ccccc2n(CC2CCC2)c1=O. The van der Waals surface area contributed by atoms with Gasteiger partial charge in [0.05, 0.1) is 5.52 Å².